The van der Waals surface area contributed by atoms with Crippen LogP contribution in [0.5, 0.6) is 0 Å². The SMILES string of the molecule is CN(C1CCSC1)C1CCCC1=O. The second kappa shape index (κ2) is 4.01. The summed E-state index contributed by atoms with van der Waals surface area (Å²) in [7, 11) is 2.13. The van der Waals surface area contributed by atoms with Crippen LogP contribution in [-0.2, 0) is 4.79 Å². The molecule has 0 aromatic rings. The first-order chi connectivity index (χ1) is 6.29. The second-order valence-electron chi connectivity index (χ2n) is 4.06. The van der Waals surface area contributed by atoms with Gasteiger partial charge in [0, 0.05) is 18.2 Å². The molecule has 1 aliphatic carbocycles. The topological polar surface area (TPSA) is 20.3 Å². The Labute approximate surface area is 84.1 Å². The molecule has 0 amide bonds. The summed E-state index contributed by atoms with van der Waals surface area (Å²) >= 11 is 2.02. The monoisotopic (exact) mass is 199 g/mol. The van der Waals surface area contributed by atoms with Crippen LogP contribution < -0.4 is 0 Å². The fourth-order valence-electron chi connectivity index (χ4n) is 2.33. The van der Waals surface area contributed by atoms with Crippen molar-refractivity contribution in [2.45, 2.75) is 37.8 Å². The number of carbonyl (C=O) groups excluding carboxylic acids is 1. The summed E-state index contributed by atoms with van der Waals surface area (Å²) in [6, 6.07) is 0.917. The molecular formula is C10H17NOS. The molecule has 1 saturated heterocycles. The molecule has 1 saturated carbocycles. The maximum atomic E-state index is 11.5. The van der Waals surface area contributed by atoms with E-state index in [1.165, 1.54) is 17.9 Å². The number of carbonyl (C=O) groups is 1. The van der Waals surface area contributed by atoms with Crippen LogP contribution in [0.15, 0.2) is 0 Å². The minimum absolute atomic E-state index is 0.253. The van der Waals surface area contributed by atoms with E-state index in [1.54, 1.807) is 0 Å². The highest BCUT2D eigenvalue weighted by molar-refractivity contribution is 7.99. The van der Waals surface area contributed by atoms with Crippen molar-refractivity contribution in [1.29, 1.82) is 0 Å². The van der Waals surface area contributed by atoms with Crippen molar-refractivity contribution in [1.82, 2.24) is 4.90 Å². The lowest BCUT2D eigenvalue weighted by atomic mass is 10.1. The minimum Gasteiger partial charge on any atom is -0.298 e. The molecule has 2 nitrogen and oxygen atoms in total. The third-order valence-electron chi connectivity index (χ3n) is 3.25. The first-order valence-corrected chi connectivity index (χ1v) is 6.27. The molecule has 1 heterocycles. The van der Waals surface area contributed by atoms with Gasteiger partial charge < -0.3 is 0 Å². The largest absolute Gasteiger partial charge is 0.298 e. The summed E-state index contributed by atoms with van der Waals surface area (Å²) in [5.74, 6) is 2.97. The summed E-state index contributed by atoms with van der Waals surface area (Å²) < 4.78 is 0. The van der Waals surface area contributed by atoms with E-state index in [0.29, 0.717) is 11.8 Å². The lowest BCUT2D eigenvalue weighted by molar-refractivity contribution is -0.122. The molecule has 2 unspecified atom stereocenters. The van der Waals surface area contributed by atoms with Crippen LogP contribution in [0.4, 0.5) is 0 Å². The number of thioether (sulfide) groups is 1. The van der Waals surface area contributed by atoms with Gasteiger partial charge in [-0.15, -0.1) is 0 Å². The highest BCUT2D eigenvalue weighted by Gasteiger charge is 2.32. The van der Waals surface area contributed by atoms with Gasteiger partial charge in [0.05, 0.1) is 6.04 Å². The number of likely N-dealkylation sites (N-methyl/N-ethyl adjacent to an activating group) is 1. The first-order valence-electron chi connectivity index (χ1n) is 5.11. The van der Waals surface area contributed by atoms with E-state index >= 15 is 0 Å². The molecule has 0 aromatic carbocycles. The van der Waals surface area contributed by atoms with Gasteiger partial charge >= 0.3 is 0 Å². The van der Waals surface area contributed by atoms with Crippen LogP contribution in [0.1, 0.15) is 25.7 Å². The Balaban J connectivity index is 1.94. The van der Waals surface area contributed by atoms with Gasteiger partial charge in [-0.05, 0) is 32.1 Å². The number of nitrogens with zero attached hydrogens (tertiary/aromatic N) is 1. The number of ketones is 1. The Morgan fingerprint density at radius 2 is 2.31 bits per heavy atom. The van der Waals surface area contributed by atoms with Gasteiger partial charge in [-0.2, -0.15) is 11.8 Å². The zero-order chi connectivity index (χ0) is 9.26. The standard InChI is InChI=1S/C10H17NOS/c1-11(8-5-6-13-7-8)9-3-2-4-10(9)12/h8-9H,2-7H2,1H3. The third-order valence-corrected chi connectivity index (χ3v) is 4.39. The highest BCUT2D eigenvalue weighted by atomic mass is 32.2. The average molecular weight is 199 g/mol. The Morgan fingerprint density at radius 1 is 1.46 bits per heavy atom. The minimum atomic E-state index is 0.253. The maximum absolute atomic E-state index is 11.5. The van der Waals surface area contributed by atoms with E-state index in [1.807, 2.05) is 11.8 Å². The summed E-state index contributed by atoms with van der Waals surface area (Å²) in [5.41, 5.74) is 0. The van der Waals surface area contributed by atoms with Crippen molar-refractivity contribution in [2.75, 3.05) is 18.6 Å². The summed E-state index contributed by atoms with van der Waals surface area (Å²) in [6.45, 7) is 0. The van der Waals surface area contributed by atoms with Crippen LogP contribution in [-0.4, -0.2) is 41.3 Å². The highest BCUT2D eigenvalue weighted by Crippen LogP contribution is 2.27. The van der Waals surface area contributed by atoms with Crippen molar-refractivity contribution in [3.63, 3.8) is 0 Å². The Morgan fingerprint density at radius 3 is 2.85 bits per heavy atom. The Bertz CT molecular complexity index is 201. The molecule has 0 spiro atoms. The lowest BCUT2D eigenvalue weighted by Crippen LogP contribution is -2.42. The van der Waals surface area contributed by atoms with Gasteiger partial charge in [-0.3, -0.25) is 9.69 Å². The molecular weight excluding hydrogens is 182 g/mol. The van der Waals surface area contributed by atoms with Crippen LogP contribution >= 0.6 is 11.8 Å². The Hall–Kier alpha value is -0.0200. The molecule has 2 aliphatic rings. The van der Waals surface area contributed by atoms with Crippen LogP contribution in [0, 0.1) is 0 Å². The molecule has 2 fully saturated rings. The van der Waals surface area contributed by atoms with Gasteiger partial charge in [0.1, 0.15) is 5.78 Å². The summed E-state index contributed by atoms with van der Waals surface area (Å²) in [5, 5.41) is 0. The van der Waals surface area contributed by atoms with Gasteiger partial charge in [0.2, 0.25) is 0 Å². The lowest BCUT2D eigenvalue weighted by Gasteiger charge is -2.28. The Kier molecular flexibility index (Phi) is 2.94. The van der Waals surface area contributed by atoms with E-state index in [9.17, 15) is 4.79 Å². The predicted molar refractivity (Wildman–Crippen MR) is 56.1 cm³/mol. The number of Topliss-reactive ketones (excluding diaryl/α,β-unsaturated/α-hetero) is 1. The van der Waals surface area contributed by atoms with Gasteiger partial charge in [-0.25, -0.2) is 0 Å². The van der Waals surface area contributed by atoms with Crippen LogP contribution in [0.2, 0.25) is 0 Å². The smallest absolute Gasteiger partial charge is 0.149 e. The second-order valence-corrected chi connectivity index (χ2v) is 5.21. The van der Waals surface area contributed by atoms with Gasteiger partial charge in [0.15, 0.2) is 0 Å². The van der Waals surface area contributed by atoms with Crippen molar-refractivity contribution < 1.29 is 4.79 Å². The summed E-state index contributed by atoms with van der Waals surface area (Å²) in [6.07, 6.45) is 4.28. The zero-order valence-electron chi connectivity index (χ0n) is 8.16. The number of rotatable bonds is 2. The van der Waals surface area contributed by atoms with Gasteiger partial charge in [-0.1, -0.05) is 0 Å². The molecule has 2 atom stereocenters. The third kappa shape index (κ3) is 1.91. The molecule has 13 heavy (non-hydrogen) atoms. The van der Waals surface area contributed by atoms with E-state index in [0.717, 1.165) is 19.3 Å². The van der Waals surface area contributed by atoms with E-state index in [4.69, 9.17) is 0 Å². The summed E-state index contributed by atoms with van der Waals surface area (Å²) in [4.78, 5) is 13.9. The molecule has 2 rings (SSSR count). The van der Waals surface area contributed by atoms with E-state index < -0.39 is 0 Å². The molecule has 0 radical (unpaired) electrons. The normalized spacial score (nSPS) is 34.8. The first kappa shape index (κ1) is 9.53. The fourth-order valence-corrected chi connectivity index (χ4v) is 3.61. The number of hydrogen-bond donors (Lipinski definition) is 0. The van der Waals surface area contributed by atoms with E-state index in [-0.39, 0.29) is 6.04 Å². The van der Waals surface area contributed by atoms with Crippen molar-refractivity contribution >= 4 is 17.5 Å². The van der Waals surface area contributed by atoms with E-state index in [2.05, 4.69) is 11.9 Å². The molecule has 3 heteroatoms. The maximum Gasteiger partial charge on any atom is 0.149 e. The molecule has 0 bridgehead atoms. The molecule has 0 aromatic heterocycles. The van der Waals surface area contributed by atoms with Crippen molar-refractivity contribution in [3.05, 3.63) is 0 Å². The average Bonchev–Trinajstić information content (AvgIpc) is 2.72. The fraction of sp³-hybridized carbons (Fsp3) is 0.900. The molecule has 0 N–H and O–H groups in total. The quantitative estimate of drug-likeness (QED) is 0.673. The van der Waals surface area contributed by atoms with Crippen molar-refractivity contribution in [2.24, 2.45) is 0 Å². The predicted octanol–water partition coefficient (Wildman–Crippen LogP) is 1.55. The van der Waals surface area contributed by atoms with Crippen LogP contribution in [0.3, 0.4) is 0 Å². The number of hydrogen-bond acceptors (Lipinski definition) is 3. The van der Waals surface area contributed by atoms with Crippen molar-refractivity contribution in [3.8, 4) is 0 Å². The molecule has 74 valence electrons. The molecule has 1 aliphatic heterocycles. The van der Waals surface area contributed by atoms with Crippen LogP contribution in [0.25, 0.3) is 0 Å². The van der Waals surface area contributed by atoms with Gasteiger partial charge in [0.25, 0.3) is 0 Å². The zero-order valence-corrected chi connectivity index (χ0v) is 8.98.